The Bertz CT molecular complexity index is 347. The van der Waals surface area contributed by atoms with Gasteiger partial charge in [-0.1, -0.05) is 12.8 Å². The summed E-state index contributed by atoms with van der Waals surface area (Å²) in [5, 5.41) is 7.11. The molecule has 1 amide bonds. The normalized spacial score (nSPS) is 17.5. The molecule has 0 spiro atoms. The van der Waals surface area contributed by atoms with Gasteiger partial charge in [-0.3, -0.25) is 4.79 Å². The van der Waals surface area contributed by atoms with Crippen LogP contribution in [0, 0.1) is 0 Å². The summed E-state index contributed by atoms with van der Waals surface area (Å²) in [5.41, 5.74) is 6.74. The Hall–Kier alpha value is -0.580. The maximum atomic E-state index is 11.9. The van der Waals surface area contributed by atoms with Crippen LogP contribution in [0.3, 0.4) is 0 Å². The van der Waals surface area contributed by atoms with Crippen LogP contribution in [-0.2, 0) is 11.2 Å². The number of nitrogens with one attached hydrogen (secondary N) is 1. The molecule has 1 aromatic rings. The highest BCUT2D eigenvalue weighted by Gasteiger charge is 2.36. The van der Waals surface area contributed by atoms with Crippen LogP contribution in [0.2, 0.25) is 0 Å². The molecule has 1 aromatic heterocycles. The molecule has 1 heterocycles. The average molecular weight is 275 g/mol. The summed E-state index contributed by atoms with van der Waals surface area (Å²) < 4.78 is 0. The lowest BCUT2D eigenvalue weighted by molar-refractivity contribution is -0.126. The number of carbonyl (C=O) groups excluding carboxylic acids is 1. The van der Waals surface area contributed by atoms with Crippen LogP contribution in [-0.4, -0.2) is 18.0 Å². The SMILES string of the molecule is Cl.NC1(C(=O)NCCc2ccsc2)CCCC1. The third kappa shape index (κ3) is 3.69. The Morgan fingerprint density at radius 3 is 2.76 bits per heavy atom. The van der Waals surface area contributed by atoms with Crippen LogP contribution in [0.15, 0.2) is 16.8 Å². The summed E-state index contributed by atoms with van der Waals surface area (Å²) in [6, 6.07) is 2.09. The zero-order chi connectivity index (χ0) is 11.4. The standard InChI is InChI=1S/C12H18N2OS.ClH/c13-12(5-1-2-6-12)11(15)14-7-3-10-4-8-16-9-10;/h4,8-9H,1-3,5-7,13H2,(H,14,15);1H. The van der Waals surface area contributed by atoms with E-state index in [1.165, 1.54) is 5.56 Å². The van der Waals surface area contributed by atoms with Crippen molar-refractivity contribution in [2.45, 2.75) is 37.6 Å². The minimum atomic E-state index is -0.589. The molecule has 0 aliphatic heterocycles. The quantitative estimate of drug-likeness (QED) is 0.883. The monoisotopic (exact) mass is 274 g/mol. The zero-order valence-electron chi connectivity index (χ0n) is 9.78. The van der Waals surface area contributed by atoms with Crippen molar-refractivity contribution in [3.05, 3.63) is 22.4 Å². The summed E-state index contributed by atoms with van der Waals surface area (Å²) >= 11 is 1.69. The number of nitrogens with two attached hydrogens (primary N) is 1. The van der Waals surface area contributed by atoms with Crippen molar-refractivity contribution in [1.82, 2.24) is 5.32 Å². The molecule has 1 saturated carbocycles. The van der Waals surface area contributed by atoms with Crippen LogP contribution in [0.5, 0.6) is 0 Å². The summed E-state index contributed by atoms with van der Waals surface area (Å²) in [4.78, 5) is 11.9. The van der Waals surface area contributed by atoms with E-state index < -0.39 is 5.54 Å². The van der Waals surface area contributed by atoms with Gasteiger partial charge in [-0.2, -0.15) is 11.3 Å². The first kappa shape index (κ1) is 14.5. The van der Waals surface area contributed by atoms with E-state index in [1.54, 1.807) is 11.3 Å². The van der Waals surface area contributed by atoms with Gasteiger partial charge < -0.3 is 11.1 Å². The number of rotatable bonds is 4. The topological polar surface area (TPSA) is 55.1 Å². The van der Waals surface area contributed by atoms with Gasteiger partial charge in [0, 0.05) is 6.54 Å². The van der Waals surface area contributed by atoms with Crippen LogP contribution < -0.4 is 11.1 Å². The zero-order valence-corrected chi connectivity index (χ0v) is 11.4. The average Bonchev–Trinajstić information content (AvgIpc) is 2.90. The summed E-state index contributed by atoms with van der Waals surface area (Å²) in [7, 11) is 0. The minimum absolute atomic E-state index is 0. The van der Waals surface area contributed by atoms with Crippen molar-refractivity contribution >= 4 is 29.7 Å². The number of hydrogen-bond donors (Lipinski definition) is 2. The van der Waals surface area contributed by atoms with Gasteiger partial charge in [-0.05, 0) is 41.7 Å². The molecule has 0 radical (unpaired) electrons. The summed E-state index contributed by atoms with van der Waals surface area (Å²) in [5.74, 6) is 0.0280. The Morgan fingerprint density at radius 2 is 2.18 bits per heavy atom. The van der Waals surface area contributed by atoms with E-state index in [2.05, 4.69) is 22.1 Å². The summed E-state index contributed by atoms with van der Waals surface area (Å²) in [6.45, 7) is 0.689. The first-order chi connectivity index (χ1) is 7.71. The minimum Gasteiger partial charge on any atom is -0.354 e. The van der Waals surface area contributed by atoms with Crippen molar-refractivity contribution in [3.63, 3.8) is 0 Å². The number of hydrogen-bond acceptors (Lipinski definition) is 3. The molecule has 2 rings (SSSR count). The molecular weight excluding hydrogens is 256 g/mol. The Labute approximate surface area is 112 Å². The van der Waals surface area contributed by atoms with Crippen LogP contribution in [0.1, 0.15) is 31.2 Å². The first-order valence-corrected chi connectivity index (χ1v) is 6.73. The Balaban J connectivity index is 0.00000144. The van der Waals surface area contributed by atoms with Crippen molar-refractivity contribution in [2.24, 2.45) is 5.73 Å². The van der Waals surface area contributed by atoms with Gasteiger partial charge in [0.15, 0.2) is 0 Å². The molecule has 3 nitrogen and oxygen atoms in total. The molecule has 0 aromatic carbocycles. The predicted octanol–water partition coefficient (Wildman–Crippen LogP) is 2.10. The van der Waals surface area contributed by atoms with E-state index >= 15 is 0 Å². The molecule has 0 bridgehead atoms. The smallest absolute Gasteiger partial charge is 0.240 e. The van der Waals surface area contributed by atoms with Crippen molar-refractivity contribution in [3.8, 4) is 0 Å². The number of halogens is 1. The van der Waals surface area contributed by atoms with E-state index in [0.717, 1.165) is 32.1 Å². The maximum absolute atomic E-state index is 11.9. The van der Waals surface area contributed by atoms with E-state index in [-0.39, 0.29) is 18.3 Å². The second-order valence-electron chi connectivity index (χ2n) is 4.50. The number of amides is 1. The Morgan fingerprint density at radius 1 is 1.47 bits per heavy atom. The second kappa shape index (κ2) is 6.38. The van der Waals surface area contributed by atoms with Gasteiger partial charge >= 0.3 is 0 Å². The lowest BCUT2D eigenvalue weighted by Gasteiger charge is -2.22. The molecule has 17 heavy (non-hydrogen) atoms. The third-order valence-corrected chi connectivity index (χ3v) is 3.96. The van der Waals surface area contributed by atoms with Crippen molar-refractivity contribution < 1.29 is 4.79 Å². The molecule has 0 atom stereocenters. The van der Waals surface area contributed by atoms with E-state index in [9.17, 15) is 4.79 Å². The van der Waals surface area contributed by atoms with Crippen LogP contribution in [0.4, 0.5) is 0 Å². The molecule has 1 aliphatic carbocycles. The van der Waals surface area contributed by atoms with E-state index in [0.29, 0.717) is 6.54 Å². The summed E-state index contributed by atoms with van der Waals surface area (Å²) in [6.07, 6.45) is 4.71. The van der Waals surface area contributed by atoms with Gasteiger partial charge in [-0.15, -0.1) is 12.4 Å². The predicted molar refractivity (Wildman–Crippen MR) is 73.7 cm³/mol. The molecular formula is C12H19ClN2OS. The Kier molecular flexibility index (Phi) is 5.43. The molecule has 96 valence electrons. The fourth-order valence-corrected chi connectivity index (χ4v) is 2.87. The third-order valence-electron chi connectivity index (χ3n) is 3.23. The maximum Gasteiger partial charge on any atom is 0.240 e. The highest BCUT2D eigenvalue weighted by molar-refractivity contribution is 7.07. The van der Waals surface area contributed by atoms with Crippen LogP contribution in [0.25, 0.3) is 0 Å². The lowest BCUT2D eigenvalue weighted by atomic mass is 9.98. The van der Waals surface area contributed by atoms with Gasteiger partial charge in [0.2, 0.25) is 5.91 Å². The molecule has 1 fully saturated rings. The van der Waals surface area contributed by atoms with Gasteiger partial charge in [0.1, 0.15) is 0 Å². The molecule has 0 saturated heterocycles. The van der Waals surface area contributed by atoms with Crippen LogP contribution >= 0.6 is 23.7 Å². The molecule has 0 unspecified atom stereocenters. The fraction of sp³-hybridized carbons (Fsp3) is 0.583. The molecule has 3 N–H and O–H groups in total. The van der Waals surface area contributed by atoms with Crippen molar-refractivity contribution in [2.75, 3.05) is 6.54 Å². The van der Waals surface area contributed by atoms with Gasteiger partial charge in [0.25, 0.3) is 0 Å². The lowest BCUT2D eigenvalue weighted by Crippen LogP contribution is -2.52. The number of carbonyl (C=O) groups is 1. The highest BCUT2D eigenvalue weighted by atomic mass is 35.5. The highest BCUT2D eigenvalue weighted by Crippen LogP contribution is 2.27. The number of thiophene rings is 1. The van der Waals surface area contributed by atoms with Crippen molar-refractivity contribution in [1.29, 1.82) is 0 Å². The van der Waals surface area contributed by atoms with Gasteiger partial charge in [-0.25, -0.2) is 0 Å². The first-order valence-electron chi connectivity index (χ1n) is 5.79. The largest absolute Gasteiger partial charge is 0.354 e. The molecule has 5 heteroatoms. The van der Waals surface area contributed by atoms with Gasteiger partial charge in [0.05, 0.1) is 5.54 Å². The van der Waals surface area contributed by atoms with E-state index in [1.807, 2.05) is 0 Å². The fourth-order valence-electron chi connectivity index (χ4n) is 2.16. The molecule has 1 aliphatic rings. The van der Waals surface area contributed by atoms with E-state index in [4.69, 9.17) is 5.73 Å². The second-order valence-corrected chi connectivity index (χ2v) is 5.28.